The second-order valence-corrected chi connectivity index (χ2v) is 7.35. The maximum Gasteiger partial charge on any atom is 0.330 e. The first-order valence-corrected chi connectivity index (χ1v) is 8.72. The van der Waals surface area contributed by atoms with Crippen LogP contribution in [0, 0.1) is 6.92 Å². The third-order valence-corrected chi connectivity index (χ3v) is 5.32. The zero-order chi connectivity index (χ0) is 19.2. The first-order chi connectivity index (χ1) is 12.2. The summed E-state index contributed by atoms with van der Waals surface area (Å²) in [5.41, 5.74) is -0.700. The first kappa shape index (κ1) is 17.9. The van der Waals surface area contributed by atoms with Gasteiger partial charge in [0.25, 0.3) is 5.56 Å². The van der Waals surface area contributed by atoms with Crippen LogP contribution in [-0.4, -0.2) is 27.7 Å². The molecule has 7 nitrogen and oxygen atoms in total. The third kappa shape index (κ3) is 2.62. The smallest absolute Gasteiger partial charge is 0.330 e. The lowest BCUT2D eigenvalue weighted by Gasteiger charge is -2.21. The van der Waals surface area contributed by atoms with Crippen LogP contribution in [0.15, 0.2) is 33.2 Å². The molecule has 0 unspecified atom stereocenters. The molecule has 0 bridgehead atoms. The van der Waals surface area contributed by atoms with Crippen molar-refractivity contribution in [3.05, 3.63) is 50.0 Å². The molecular weight excluding hydrogens is 356 g/mol. The summed E-state index contributed by atoms with van der Waals surface area (Å²) >= 11 is 1.23. The maximum atomic E-state index is 13.0. The molecule has 1 aromatic carbocycles. The molecule has 3 aromatic rings. The van der Waals surface area contributed by atoms with Gasteiger partial charge in [0, 0.05) is 10.9 Å². The molecule has 0 aliphatic heterocycles. The zero-order valence-corrected chi connectivity index (χ0v) is 15.6. The monoisotopic (exact) mass is 374 g/mol. The highest BCUT2D eigenvalue weighted by Crippen LogP contribution is 2.33. The Morgan fingerprint density at radius 1 is 1.31 bits per heavy atom. The number of aryl methyl sites for hydroxylation is 1. The number of fused-ring (bicyclic) bond motifs is 1. The molecule has 2 heterocycles. The molecule has 0 radical (unpaired) electrons. The Bertz CT molecular complexity index is 1140. The van der Waals surface area contributed by atoms with Crippen molar-refractivity contribution >= 4 is 27.5 Å². The molecule has 2 aromatic heterocycles. The number of hydrogen-bond acceptors (Lipinski definition) is 5. The summed E-state index contributed by atoms with van der Waals surface area (Å²) in [6, 6.07) is 5.52. The van der Waals surface area contributed by atoms with Crippen molar-refractivity contribution in [1.29, 1.82) is 0 Å². The number of carboxylic acids is 1. The van der Waals surface area contributed by atoms with Crippen molar-refractivity contribution in [2.24, 2.45) is 0 Å². The van der Waals surface area contributed by atoms with Crippen molar-refractivity contribution in [2.45, 2.75) is 26.3 Å². The Hall–Kier alpha value is -2.87. The number of rotatable bonds is 4. The number of benzene rings is 1. The van der Waals surface area contributed by atoms with E-state index in [4.69, 9.17) is 4.74 Å². The average molecular weight is 374 g/mol. The molecule has 3 rings (SSSR count). The summed E-state index contributed by atoms with van der Waals surface area (Å²) in [5.74, 6) is -0.535. The summed E-state index contributed by atoms with van der Waals surface area (Å²) in [4.78, 5) is 39.9. The van der Waals surface area contributed by atoms with Crippen molar-refractivity contribution < 1.29 is 14.6 Å². The van der Waals surface area contributed by atoms with Crippen molar-refractivity contribution in [3.63, 3.8) is 0 Å². The fourth-order valence-electron chi connectivity index (χ4n) is 2.88. The molecule has 0 saturated carbocycles. The second kappa shape index (κ2) is 6.14. The first-order valence-electron chi connectivity index (χ1n) is 7.84. The average Bonchev–Trinajstić information content (AvgIpc) is 2.98. The van der Waals surface area contributed by atoms with E-state index in [1.54, 1.807) is 18.6 Å². The van der Waals surface area contributed by atoms with Crippen molar-refractivity contribution in [1.82, 2.24) is 9.55 Å². The second-order valence-electron chi connectivity index (χ2n) is 6.47. The van der Waals surface area contributed by atoms with Gasteiger partial charge in [-0.05, 0) is 44.0 Å². The minimum absolute atomic E-state index is 0.300. The molecule has 2 N–H and O–H groups in total. The predicted molar refractivity (Wildman–Crippen MR) is 100 cm³/mol. The summed E-state index contributed by atoms with van der Waals surface area (Å²) in [6.07, 6.45) is 0. The minimum atomic E-state index is -1.67. The molecule has 0 amide bonds. The number of nitrogens with one attached hydrogen (secondary N) is 1. The minimum Gasteiger partial charge on any atom is -0.496 e. The number of methoxy groups -OCH3 is 1. The van der Waals surface area contributed by atoms with Crippen molar-refractivity contribution in [2.75, 3.05) is 7.11 Å². The Morgan fingerprint density at radius 3 is 2.58 bits per heavy atom. The van der Waals surface area contributed by atoms with Gasteiger partial charge in [-0.15, -0.1) is 11.3 Å². The van der Waals surface area contributed by atoms with E-state index in [0.29, 0.717) is 15.8 Å². The summed E-state index contributed by atoms with van der Waals surface area (Å²) < 4.78 is 6.01. The van der Waals surface area contributed by atoms with E-state index in [-0.39, 0.29) is 0 Å². The van der Waals surface area contributed by atoms with E-state index in [1.165, 1.54) is 25.2 Å². The number of nitrogens with zero attached hydrogens (tertiary/aromatic N) is 1. The van der Waals surface area contributed by atoms with Crippen LogP contribution in [-0.2, 0) is 10.3 Å². The number of aromatic amines is 1. The number of carboxylic acid groups (broad SMARTS) is 1. The van der Waals surface area contributed by atoms with Gasteiger partial charge in [-0.2, -0.15) is 0 Å². The number of ether oxygens (including phenoxy) is 1. The highest BCUT2D eigenvalue weighted by atomic mass is 32.1. The number of carbonyl (C=O) groups is 1. The fraction of sp³-hybridized carbons (Fsp3) is 0.278. The lowest BCUT2D eigenvalue weighted by Crippen LogP contribution is -2.50. The SMILES string of the molecule is COc1ccc(-c2csc3[nH]c(=O)n(C(C)(C)C(=O)O)c(=O)c23)cc1C. The van der Waals surface area contributed by atoms with Gasteiger partial charge in [-0.3, -0.25) is 9.78 Å². The van der Waals surface area contributed by atoms with Crippen LogP contribution in [0.25, 0.3) is 21.3 Å². The van der Waals surface area contributed by atoms with Gasteiger partial charge in [-0.25, -0.2) is 14.2 Å². The molecule has 0 aliphatic carbocycles. The summed E-state index contributed by atoms with van der Waals surface area (Å²) in [7, 11) is 1.58. The summed E-state index contributed by atoms with van der Waals surface area (Å²) in [5, 5.41) is 11.5. The quantitative estimate of drug-likeness (QED) is 0.731. The van der Waals surface area contributed by atoms with Crippen LogP contribution >= 0.6 is 11.3 Å². The Kier molecular flexibility index (Phi) is 4.23. The van der Waals surface area contributed by atoms with E-state index in [0.717, 1.165) is 21.4 Å². The van der Waals surface area contributed by atoms with E-state index in [9.17, 15) is 19.5 Å². The molecule has 136 valence electrons. The maximum absolute atomic E-state index is 13.0. The highest BCUT2D eigenvalue weighted by molar-refractivity contribution is 7.17. The summed E-state index contributed by atoms with van der Waals surface area (Å²) in [6.45, 7) is 4.54. The van der Waals surface area contributed by atoms with Crippen LogP contribution in [0.1, 0.15) is 19.4 Å². The fourth-order valence-corrected chi connectivity index (χ4v) is 3.83. The lowest BCUT2D eigenvalue weighted by atomic mass is 10.0. The van der Waals surface area contributed by atoms with E-state index in [1.807, 2.05) is 19.1 Å². The molecule has 0 spiro atoms. The Morgan fingerprint density at radius 2 is 2.00 bits per heavy atom. The molecule has 26 heavy (non-hydrogen) atoms. The zero-order valence-electron chi connectivity index (χ0n) is 14.7. The molecule has 8 heteroatoms. The molecule has 0 saturated heterocycles. The molecule has 0 aliphatic rings. The topological polar surface area (TPSA) is 101 Å². The van der Waals surface area contributed by atoms with Crippen LogP contribution in [0.3, 0.4) is 0 Å². The van der Waals surface area contributed by atoms with Crippen LogP contribution < -0.4 is 16.0 Å². The van der Waals surface area contributed by atoms with Gasteiger partial charge in [0.15, 0.2) is 0 Å². The van der Waals surface area contributed by atoms with Crippen LogP contribution in [0.2, 0.25) is 0 Å². The molecular formula is C18H18N2O5S. The Balaban J connectivity index is 2.34. The standard InChI is InChI=1S/C18H18N2O5S/c1-9-7-10(5-6-12(9)25-4)11-8-26-14-13(11)15(21)20(17(24)19-14)18(2,3)16(22)23/h5-8H,1-4H3,(H,19,24)(H,22,23). The van der Waals surface area contributed by atoms with E-state index in [2.05, 4.69) is 4.98 Å². The van der Waals surface area contributed by atoms with Crippen molar-refractivity contribution in [3.8, 4) is 16.9 Å². The highest BCUT2D eigenvalue weighted by Gasteiger charge is 2.33. The molecule has 0 fully saturated rings. The van der Waals surface area contributed by atoms with Gasteiger partial charge in [0.05, 0.1) is 12.5 Å². The van der Waals surface area contributed by atoms with Gasteiger partial charge in [0.2, 0.25) is 0 Å². The van der Waals surface area contributed by atoms with E-state index < -0.39 is 22.8 Å². The lowest BCUT2D eigenvalue weighted by molar-refractivity contribution is -0.146. The van der Waals surface area contributed by atoms with E-state index >= 15 is 0 Å². The van der Waals surface area contributed by atoms with Gasteiger partial charge < -0.3 is 9.84 Å². The number of aliphatic carboxylic acids is 1. The predicted octanol–water partition coefficient (Wildman–Crippen LogP) is 2.56. The van der Waals surface area contributed by atoms with Gasteiger partial charge in [0.1, 0.15) is 16.1 Å². The normalized spacial score (nSPS) is 11.7. The van der Waals surface area contributed by atoms with Crippen LogP contribution in [0.4, 0.5) is 0 Å². The van der Waals surface area contributed by atoms with Gasteiger partial charge >= 0.3 is 11.7 Å². The number of aromatic nitrogens is 2. The number of thiophene rings is 1. The Labute approximate surface area is 152 Å². The third-order valence-electron chi connectivity index (χ3n) is 4.42. The van der Waals surface area contributed by atoms with Gasteiger partial charge in [-0.1, -0.05) is 6.07 Å². The molecule has 0 atom stereocenters. The largest absolute Gasteiger partial charge is 0.496 e. The number of hydrogen-bond donors (Lipinski definition) is 2. The number of H-pyrrole nitrogens is 1. The van der Waals surface area contributed by atoms with Crippen LogP contribution in [0.5, 0.6) is 5.75 Å².